The molecule has 3 fully saturated rings. The molecule has 3 heterocycles. The van der Waals surface area contributed by atoms with Gasteiger partial charge >= 0.3 is 0 Å². The molecular weight excluding hydrogens is 336 g/mol. The Morgan fingerprint density at radius 3 is 1.88 bits per heavy atom. The van der Waals surface area contributed by atoms with Gasteiger partial charge in [-0.25, -0.2) is 0 Å². The van der Waals surface area contributed by atoms with Crippen molar-refractivity contribution >= 4 is 0 Å². The summed E-state index contributed by atoms with van der Waals surface area (Å²) in [5, 5.41) is 0. The predicted molar refractivity (Wildman–Crippen MR) is 97.3 cm³/mol. The molecule has 26 heavy (non-hydrogen) atoms. The molecule has 0 aromatic heterocycles. The van der Waals surface area contributed by atoms with E-state index in [0.29, 0.717) is 25.4 Å². The smallest absolute Gasteiger partial charge is 0.158 e. The monoisotopic (exact) mass is 372 g/mol. The summed E-state index contributed by atoms with van der Waals surface area (Å²) in [4.78, 5) is 0. The van der Waals surface area contributed by atoms with E-state index in [0.717, 1.165) is 71.6 Å². The Morgan fingerprint density at radius 2 is 1.38 bits per heavy atom. The fourth-order valence-corrected chi connectivity index (χ4v) is 3.21. The summed E-state index contributed by atoms with van der Waals surface area (Å²) in [5.41, 5.74) is 0. The predicted octanol–water partition coefficient (Wildman–Crippen LogP) is 3.07. The average molecular weight is 373 g/mol. The highest BCUT2D eigenvalue weighted by Gasteiger charge is 2.23. The minimum atomic E-state index is -0.0972. The van der Waals surface area contributed by atoms with Crippen molar-refractivity contribution in [3.05, 3.63) is 0 Å². The zero-order chi connectivity index (χ0) is 17.9. The molecule has 3 aliphatic rings. The third-order valence-corrected chi connectivity index (χ3v) is 5.02. The lowest BCUT2D eigenvalue weighted by atomic mass is 10.2. The summed E-state index contributed by atoms with van der Waals surface area (Å²) in [7, 11) is 0. The first-order valence-corrected chi connectivity index (χ1v) is 10.6. The van der Waals surface area contributed by atoms with E-state index in [-0.39, 0.29) is 12.4 Å². The van der Waals surface area contributed by atoms with E-state index < -0.39 is 0 Å². The molecule has 0 N–H and O–H groups in total. The van der Waals surface area contributed by atoms with Gasteiger partial charge < -0.3 is 28.4 Å². The SMILES string of the molecule is C(CCC1CO1)COCC(COCCCCC1CO1)OC1CCCCO1. The Labute approximate surface area is 157 Å². The number of rotatable bonds is 16. The second kappa shape index (κ2) is 12.3. The van der Waals surface area contributed by atoms with E-state index in [1.165, 1.54) is 19.3 Å². The lowest BCUT2D eigenvalue weighted by molar-refractivity contribution is -0.208. The molecule has 152 valence electrons. The maximum absolute atomic E-state index is 6.09. The molecule has 0 radical (unpaired) electrons. The van der Waals surface area contributed by atoms with Crippen molar-refractivity contribution in [1.82, 2.24) is 0 Å². The number of hydrogen-bond donors (Lipinski definition) is 0. The Kier molecular flexibility index (Phi) is 9.67. The first-order chi connectivity index (χ1) is 12.9. The highest BCUT2D eigenvalue weighted by molar-refractivity contribution is 4.69. The fourth-order valence-electron chi connectivity index (χ4n) is 3.21. The summed E-state index contributed by atoms with van der Waals surface area (Å²) in [6, 6.07) is 0. The van der Waals surface area contributed by atoms with E-state index in [9.17, 15) is 0 Å². The zero-order valence-corrected chi connectivity index (χ0v) is 16.1. The van der Waals surface area contributed by atoms with Gasteiger partial charge in [0.25, 0.3) is 0 Å². The van der Waals surface area contributed by atoms with Crippen molar-refractivity contribution in [1.29, 1.82) is 0 Å². The van der Waals surface area contributed by atoms with Crippen LogP contribution in [0.25, 0.3) is 0 Å². The maximum atomic E-state index is 6.09. The molecule has 0 saturated carbocycles. The summed E-state index contributed by atoms with van der Waals surface area (Å²) in [6.07, 6.45) is 11.0. The third kappa shape index (κ3) is 9.62. The van der Waals surface area contributed by atoms with Crippen LogP contribution in [0.3, 0.4) is 0 Å². The number of unbranched alkanes of at least 4 members (excludes halogenated alkanes) is 2. The first-order valence-electron chi connectivity index (χ1n) is 10.6. The Hall–Kier alpha value is -0.240. The normalized spacial score (nSPS) is 28.8. The van der Waals surface area contributed by atoms with Crippen LogP contribution in [0.5, 0.6) is 0 Å². The van der Waals surface area contributed by atoms with Gasteiger partial charge in [-0.15, -0.1) is 0 Å². The van der Waals surface area contributed by atoms with Crippen LogP contribution in [0.4, 0.5) is 0 Å². The molecule has 0 amide bonds. The zero-order valence-electron chi connectivity index (χ0n) is 16.1. The van der Waals surface area contributed by atoms with Crippen molar-refractivity contribution in [2.45, 2.75) is 82.4 Å². The quantitative estimate of drug-likeness (QED) is 0.306. The first kappa shape index (κ1) is 20.5. The maximum Gasteiger partial charge on any atom is 0.158 e. The molecule has 3 atom stereocenters. The van der Waals surface area contributed by atoms with E-state index in [4.69, 9.17) is 28.4 Å². The lowest BCUT2D eigenvalue weighted by Gasteiger charge is -2.27. The van der Waals surface area contributed by atoms with Gasteiger partial charge in [-0.1, -0.05) is 0 Å². The second-order valence-electron chi connectivity index (χ2n) is 7.61. The lowest BCUT2D eigenvalue weighted by Crippen LogP contribution is -2.34. The van der Waals surface area contributed by atoms with Crippen LogP contribution < -0.4 is 0 Å². The molecule has 3 saturated heterocycles. The van der Waals surface area contributed by atoms with Crippen LogP contribution in [-0.2, 0) is 28.4 Å². The van der Waals surface area contributed by atoms with Crippen LogP contribution in [-0.4, -0.2) is 70.9 Å². The van der Waals surface area contributed by atoms with Crippen LogP contribution in [0.1, 0.15) is 57.8 Å². The van der Waals surface area contributed by atoms with Gasteiger partial charge in [0.2, 0.25) is 0 Å². The number of epoxide rings is 2. The molecule has 3 unspecified atom stereocenters. The molecule has 0 bridgehead atoms. The minimum Gasteiger partial charge on any atom is -0.379 e. The van der Waals surface area contributed by atoms with Crippen molar-refractivity contribution in [3.63, 3.8) is 0 Å². The number of ether oxygens (including phenoxy) is 6. The average Bonchev–Trinajstić information content (AvgIpc) is 3.56. The van der Waals surface area contributed by atoms with Gasteiger partial charge in [-0.05, 0) is 57.8 Å². The highest BCUT2D eigenvalue weighted by atomic mass is 16.7. The largest absolute Gasteiger partial charge is 0.379 e. The van der Waals surface area contributed by atoms with Gasteiger partial charge in [0.1, 0.15) is 6.10 Å². The Bertz CT molecular complexity index is 328. The molecular formula is C20H36O6. The van der Waals surface area contributed by atoms with Crippen LogP contribution in [0.2, 0.25) is 0 Å². The Morgan fingerprint density at radius 1 is 0.769 bits per heavy atom. The van der Waals surface area contributed by atoms with E-state index in [1.54, 1.807) is 0 Å². The van der Waals surface area contributed by atoms with E-state index in [2.05, 4.69) is 0 Å². The van der Waals surface area contributed by atoms with Crippen molar-refractivity contribution in [2.75, 3.05) is 46.2 Å². The van der Waals surface area contributed by atoms with Gasteiger partial charge in [-0.3, -0.25) is 0 Å². The van der Waals surface area contributed by atoms with E-state index >= 15 is 0 Å². The molecule has 0 aliphatic carbocycles. The number of hydrogen-bond acceptors (Lipinski definition) is 6. The summed E-state index contributed by atoms with van der Waals surface area (Å²) < 4.78 is 33.9. The molecule has 3 aliphatic heterocycles. The highest BCUT2D eigenvalue weighted by Crippen LogP contribution is 2.18. The molecule has 3 rings (SSSR count). The summed E-state index contributed by atoms with van der Waals surface area (Å²) in [5.74, 6) is 0. The molecule has 0 aromatic rings. The van der Waals surface area contributed by atoms with Gasteiger partial charge in [0.05, 0.1) is 38.6 Å². The van der Waals surface area contributed by atoms with Gasteiger partial charge in [0.15, 0.2) is 6.29 Å². The van der Waals surface area contributed by atoms with Gasteiger partial charge in [-0.2, -0.15) is 0 Å². The second-order valence-corrected chi connectivity index (χ2v) is 7.61. The molecule has 0 spiro atoms. The summed E-state index contributed by atoms with van der Waals surface area (Å²) >= 11 is 0. The van der Waals surface area contributed by atoms with Crippen molar-refractivity contribution < 1.29 is 28.4 Å². The van der Waals surface area contributed by atoms with Crippen molar-refractivity contribution in [3.8, 4) is 0 Å². The standard InChI is InChI=1S/C20H36O6/c1(7-17-15-24-17)4-10-21-13-19(26-20-9-3-6-12-23-20)14-22-11-5-2-8-18-16-25-18/h17-20H,1-16H2. The molecule has 0 aromatic carbocycles. The topological polar surface area (TPSA) is 62.0 Å². The van der Waals surface area contributed by atoms with E-state index in [1.807, 2.05) is 0 Å². The molecule has 6 nitrogen and oxygen atoms in total. The summed E-state index contributed by atoms with van der Waals surface area (Å²) in [6.45, 7) is 5.41. The van der Waals surface area contributed by atoms with Gasteiger partial charge in [0, 0.05) is 19.8 Å². The third-order valence-electron chi connectivity index (χ3n) is 5.02. The minimum absolute atomic E-state index is 0.0448. The van der Waals surface area contributed by atoms with Crippen LogP contribution in [0, 0.1) is 0 Å². The van der Waals surface area contributed by atoms with Crippen LogP contribution in [0.15, 0.2) is 0 Å². The van der Waals surface area contributed by atoms with Crippen LogP contribution >= 0.6 is 0 Å². The Balaban J connectivity index is 1.23. The molecule has 6 heteroatoms. The van der Waals surface area contributed by atoms with Crippen molar-refractivity contribution in [2.24, 2.45) is 0 Å². The fraction of sp³-hybridized carbons (Fsp3) is 1.00.